The quantitative estimate of drug-likeness (QED) is 0.859. The Morgan fingerprint density at radius 3 is 2.70 bits per heavy atom. The molecule has 122 valence electrons. The maximum absolute atomic E-state index is 12.2. The Labute approximate surface area is 135 Å². The van der Waals surface area contributed by atoms with Crippen LogP contribution in [0.3, 0.4) is 0 Å². The maximum Gasteiger partial charge on any atom is 0.229 e. The highest BCUT2D eigenvalue weighted by molar-refractivity contribution is 5.91. The van der Waals surface area contributed by atoms with Crippen molar-refractivity contribution in [2.75, 3.05) is 19.5 Å². The molecule has 1 saturated carbocycles. The van der Waals surface area contributed by atoms with Crippen molar-refractivity contribution in [3.63, 3.8) is 0 Å². The number of benzene rings is 1. The van der Waals surface area contributed by atoms with Crippen molar-refractivity contribution in [1.29, 1.82) is 0 Å². The number of anilines is 1. The fourth-order valence-electron chi connectivity index (χ4n) is 2.69. The first kappa shape index (κ1) is 15.4. The van der Waals surface area contributed by atoms with Crippen LogP contribution in [0, 0.1) is 0 Å². The molecule has 1 aliphatic rings. The summed E-state index contributed by atoms with van der Waals surface area (Å²) in [5.74, 6) is 2.30. The molecule has 0 bridgehead atoms. The molecular formula is C17H21N3O3. The number of hydrogen-bond acceptors (Lipinski definition) is 4. The van der Waals surface area contributed by atoms with E-state index in [1.807, 2.05) is 18.2 Å². The monoisotopic (exact) mass is 315 g/mol. The second-order valence-electron chi connectivity index (χ2n) is 5.75. The summed E-state index contributed by atoms with van der Waals surface area (Å²) in [5, 5.41) is 10.00. The minimum Gasteiger partial charge on any atom is -0.493 e. The molecule has 0 unspecified atom stereocenters. The van der Waals surface area contributed by atoms with Crippen LogP contribution in [0.5, 0.6) is 11.5 Å². The third-order valence-electron chi connectivity index (χ3n) is 4.22. The molecule has 1 fully saturated rings. The Balaban J connectivity index is 1.61. The summed E-state index contributed by atoms with van der Waals surface area (Å²) in [6.07, 6.45) is 3.92. The normalized spacial score (nSPS) is 14.2. The second kappa shape index (κ2) is 6.73. The number of aromatic nitrogens is 2. The van der Waals surface area contributed by atoms with Gasteiger partial charge in [0.2, 0.25) is 5.91 Å². The number of carbonyl (C=O) groups is 1. The van der Waals surface area contributed by atoms with Crippen molar-refractivity contribution in [2.24, 2.45) is 0 Å². The first-order valence-electron chi connectivity index (χ1n) is 7.75. The molecule has 1 aromatic carbocycles. The zero-order valence-corrected chi connectivity index (χ0v) is 13.4. The van der Waals surface area contributed by atoms with Crippen LogP contribution in [0.15, 0.2) is 24.3 Å². The Hall–Kier alpha value is -2.50. The standard InChI is InChI=1S/C17H21N3O3/c1-22-14-7-6-11(8-15(14)23-2)9-17(21)18-16-10-13(19-20-16)12-4-3-5-12/h6-8,10,12H,3-5,9H2,1-2H3,(H2,18,19,20,21). The van der Waals surface area contributed by atoms with Gasteiger partial charge in [0.05, 0.1) is 20.6 Å². The number of carbonyl (C=O) groups excluding carboxylic acids is 1. The van der Waals surface area contributed by atoms with Gasteiger partial charge in [-0.1, -0.05) is 12.5 Å². The van der Waals surface area contributed by atoms with Gasteiger partial charge in [0.1, 0.15) is 0 Å². The maximum atomic E-state index is 12.2. The molecule has 1 aromatic heterocycles. The third-order valence-corrected chi connectivity index (χ3v) is 4.22. The van der Waals surface area contributed by atoms with Crippen molar-refractivity contribution >= 4 is 11.7 Å². The summed E-state index contributed by atoms with van der Waals surface area (Å²) in [6.45, 7) is 0. The molecule has 23 heavy (non-hydrogen) atoms. The molecule has 0 spiro atoms. The Kier molecular flexibility index (Phi) is 4.50. The number of methoxy groups -OCH3 is 2. The van der Waals surface area contributed by atoms with E-state index < -0.39 is 0 Å². The van der Waals surface area contributed by atoms with Crippen molar-refractivity contribution in [2.45, 2.75) is 31.6 Å². The van der Waals surface area contributed by atoms with Gasteiger partial charge in [0.15, 0.2) is 17.3 Å². The Morgan fingerprint density at radius 2 is 2.04 bits per heavy atom. The van der Waals surface area contributed by atoms with E-state index in [-0.39, 0.29) is 12.3 Å². The largest absolute Gasteiger partial charge is 0.493 e. The molecular weight excluding hydrogens is 294 g/mol. The molecule has 6 heteroatoms. The lowest BCUT2D eigenvalue weighted by atomic mass is 9.83. The van der Waals surface area contributed by atoms with Crippen molar-refractivity contribution in [3.05, 3.63) is 35.5 Å². The van der Waals surface area contributed by atoms with Crippen molar-refractivity contribution < 1.29 is 14.3 Å². The van der Waals surface area contributed by atoms with Gasteiger partial charge < -0.3 is 14.8 Å². The van der Waals surface area contributed by atoms with Crippen LogP contribution in [-0.2, 0) is 11.2 Å². The van der Waals surface area contributed by atoms with Crippen LogP contribution in [0.1, 0.15) is 36.4 Å². The smallest absolute Gasteiger partial charge is 0.229 e. The molecule has 0 atom stereocenters. The summed E-state index contributed by atoms with van der Waals surface area (Å²) in [7, 11) is 3.16. The number of ether oxygens (including phenoxy) is 2. The average molecular weight is 315 g/mol. The number of H-pyrrole nitrogens is 1. The van der Waals surface area contributed by atoms with Crippen LogP contribution in [-0.4, -0.2) is 30.3 Å². The third kappa shape index (κ3) is 3.47. The molecule has 6 nitrogen and oxygen atoms in total. The summed E-state index contributed by atoms with van der Waals surface area (Å²) in [5.41, 5.74) is 1.97. The first-order chi connectivity index (χ1) is 11.2. The fourth-order valence-corrected chi connectivity index (χ4v) is 2.69. The van der Waals surface area contributed by atoms with E-state index >= 15 is 0 Å². The highest BCUT2D eigenvalue weighted by Gasteiger charge is 2.21. The van der Waals surface area contributed by atoms with Crippen LogP contribution in [0.25, 0.3) is 0 Å². The number of nitrogens with one attached hydrogen (secondary N) is 2. The topological polar surface area (TPSA) is 76.2 Å². The minimum atomic E-state index is -0.108. The van der Waals surface area contributed by atoms with Crippen molar-refractivity contribution in [1.82, 2.24) is 10.2 Å². The van der Waals surface area contributed by atoms with Crippen LogP contribution >= 0.6 is 0 Å². The molecule has 2 N–H and O–H groups in total. The predicted molar refractivity (Wildman–Crippen MR) is 87.1 cm³/mol. The van der Waals surface area contributed by atoms with Crippen LogP contribution in [0.4, 0.5) is 5.82 Å². The van der Waals surface area contributed by atoms with E-state index in [1.165, 1.54) is 19.3 Å². The highest BCUT2D eigenvalue weighted by Crippen LogP contribution is 2.35. The predicted octanol–water partition coefficient (Wildman–Crippen LogP) is 2.88. The molecule has 0 radical (unpaired) electrons. The van der Waals surface area contributed by atoms with Gasteiger partial charge in [-0.3, -0.25) is 9.89 Å². The first-order valence-corrected chi connectivity index (χ1v) is 7.75. The summed E-state index contributed by atoms with van der Waals surface area (Å²) in [6, 6.07) is 7.38. The van der Waals surface area contributed by atoms with Gasteiger partial charge in [0, 0.05) is 17.7 Å². The summed E-state index contributed by atoms with van der Waals surface area (Å²) < 4.78 is 10.4. The van der Waals surface area contributed by atoms with E-state index in [0.717, 1.165) is 11.3 Å². The van der Waals surface area contributed by atoms with Gasteiger partial charge >= 0.3 is 0 Å². The minimum absolute atomic E-state index is 0.108. The molecule has 2 aromatic rings. The van der Waals surface area contributed by atoms with E-state index in [2.05, 4.69) is 15.5 Å². The van der Waals surface area contributed by atoms with Gasteiger partial charge in [0.25, 0.3) is 0 Å². The van der Waals surface area contributed by atoms with E-state index in [1.54, 1.807) is 20.3 Å². The van der Waals surface area contributed by atoms with E-state index in [0.29, 0.717) is 23.2 Å². The Bertz CT molecular complexity index is 692. The fraction of sp³-hybridized carbons (Fsp3) is 0.412. The lowest BCUT2D eigenvalue weighted by Crippen LogP contribution is -2.14. The number of aromatic amines is 1. The number of amides is 1. The number of nitrogens with zero attached hydrogens (tertiary/aromatic N) is 1. The SMILES string of the molecule is COc1ccc(CC(=O)Nc2cc(C3CCC3)[nH]n2)cc1OC. The molecule has 1 amide bonds. The molecule has 1 aliphatic carbocycles. The van der Waals surface area contributed by atoms with E-state index in [4.69, 9.17) is 9.47 Å². The number of hydrogen-bond donors (Lipinski definition) is 2. The lowest BCUT2D eigenvalue weighted by Gasteiger charge is -2.23. The van der Waals surface area contributed by atoms with Gasteiger partial charge in [-0.05, 0) is 30.5 Å². The highest BCUT2D eigenvalue weighted by atomic mass is 16.5. The van der Waals surface area contributed by atoms with Crippen LogP contribution in [0.2, 0.25) is 0 Å². The summed E-state index contributed by atoms with van der Waals surface area (Å²) >= 11 is 0. The van der Waals surface area contributed by atoms with Crippen LogP contribution < -0.4 is 14.8 Å². The molecule has 3 rings (SSSR count). The molecule has 1 heterocycles. The van der Waals surface area contributed by atoms with Gasteiger partial charge in [-0.15, -0.1) is 0 Å². The zero-order chi connectivity index (χ0) is 16.2. The van der Waals surface area contributed by atoms with Gasteiger partial charge in [-0.2, -0.15) is 5.10 Å². The van der Waals surface area contributed by atoms with E-state index in [9.17, 15) is 4.79 Å². The molecule has 0 saturated heterocycles. The average Bonchev–Trinajstić information content (AvgIpc) is 2.93. The lowest BCUT2D eigenvalue weighted by molar-refractivity contribution is -0.115. The second-order valence-corrected chi connectivity index (χ2v) is 5.75. The summed E-state index contributed by atoms with van der Waals surface area (Å²) in [4.78, 5) is 12.2. The van der Waals surface area contributed by atoms with Crippen molar-refractivity contribution in [3.8, 4) is 11.5 Å². The Morgan fingerprint density at radius 1 is 1.26 bits per heavy atom. The molecule has 0 aliphatic heterocycles. The number of rotatable bonds is 6. The zero-order valence-electron chi connectivity index (χ0n) is 13.4. The van der Waals surface area contributed by atoms with Gasteiger partial charge in [-0.25, -0.2) is 0 Å².